The van der Waals surface area contributed by atoms with Gasteiger partial charge < -0.3 is 15.7 Å². The van der Waals surface area contributed by atoms with Gasteiger partial charge in [-0.25, -0.2) is 4.79 Å². The highest BCUT2D eigenvalue weighted by atomic mass is 16.4. The number of nitrogens with one attached hydrogen (secondary N) is 2. The van der Waals surface area contributed by atoms with Gasteiger partial charge in [-0.1, -0.05) is 26.7 Å². The predicted octanol–water partition coefficient (Wildman–Crippen LogP) is 1.53. The summed E-state index contributed by atoms with van der Waals surface area (Å²) in [5.41, 5.74) is -0.374. The van der Waals surface area contributed by atoms with Gasteiger partial charge in [0.2, 0.25) is 5.91 Å². The minimum absolute atomic E-state index is 0.0725. The Morgan fingerprint density at radius 3 is 2.37 bits per heavy atom. The van der Waals surface area contributed by atoms with Gasteiger partial charge in [0, 0.05) is 0 Å². The molecule has 5 nitrogen and oxygen atoms in total. The molecule has 1 fully saturated rings. The first-order valence-corrected chi connectivity index (χ1v) is 7.30. The van der Waals surface area contributed by atoms with Crippen LogP contribution in [0.25, 0.3) is 0 Å². The fourth-order valence-corrected chi connectivity index (χ4v) is 2.83. The van der Waals surface area contributed by atoms with Crippen LogP contribution >= 0.6 is 0 Å². The molecule has 19 heavy (non-hydrogen) atoms. The molecular formula is C14H26N2O3. The number of piperidine rings is 1. The number of carbonyl (C=O) groups is 2. The number of carboxylic acid groups (broad SMARTS) is 1. The van der Waals surface area contributed by atoms with Gasteiger partial charge in [-0.2, -0.15) is 0 Å². The zero-order valence-corrected chi connectivity index (χ0v) is 12.0. The van der Waals surface area contributed by atoms with Crippen molar-refractivity contribution >= 4 is 11.9 Å². The van der Waals surface area contributed by atoms with Gasteiger partial charge >= 0.3 is 5.97 Å². The minimum Gasteiger partial charge on any atom is -0.480 e. The molecule has 1 amide bonds. The molecule has 3 N–H and O–H groups in total. The quantitative estimate of drug-likeness (QED) is 0.655. The molecule has 0 aliphatic carbocycles. The summed E-state index contributed by atoms with van der Waals surface area (Å²) < 4.78 is 0. The van der Waals surface area contributed by atoms with Crippen molar-refractivity contribution in [3.05, 3.63) is 0 Å². The number of carboxylic acids is 1. The summed E-state index contributed by atoms with van der Waals surface area (Å²) in [6, 6.07) is -0.749. The molecule has 0 spiro atoms. The molecule has 1 atom stereocenters. The smallest absolute Gasteiger partial charge is 0.326 e. The number of rotatable bonds is 7. The molecule has 1 saturated heterocycles. The van der Waals surface area contributed by atoms with Crippen molar-refractivity contribution in [1.82, 2.24) is 10.6 Å². The second-order valence-electron chi connectivity index (χ2n) is 5.43. The Bertz CT molecular complexity index is 306. The number of amides is 1. The van der Waals surface area contributed by atoms with Crippen LogP contribution in [0.3, 0.4) is 0 Å². The van der Waals surface area contributed by atoms with Crippen LogP contribution in [0.15, 0.2) is 0 Å². The maximum atomic E-state index is 12.5. The van der Waals surface area contributed by atoms with Crippen LogP contribution in [0.1, 0.15) is 52.4 Å². The highest BCUT2D eigenvalue weighted by molar-refractivity contribution is 5.87. The Morgan fingerprint density at radius 2 is 1.89 bits per heavy atom. The van der Waals surface area contributed by atoms with Crippen LogP contribution in [0.5, 0.6) is 0 Å². The van der Waals surface area contributed by atoms with E-state index in [1.807, 2.05) is 6.92 Å². The lowest BCUT2D eigenvalue weighted by molar-refractivity contribution is -0.144. The standard InChI is InChI=1S/C14H26N2O3/c1-3-5-11(12(17)18)16-13(19)14(6-4-2)7-9-15-10-8-14/h11,15H,3-10H2,1-2H3,(H,16,19)(H,17,18)/t11-/m0/s1. The van der Waals surface area contributed by atoms with Crippen molar-refractivity contribution in [2.45, 2.75) is 58.4 Å². The summed E-state index contributed by atoms with van der Waals surface area (Å²) in [5.74, 6) is -1.01. The third-order valence-electron chi connectivity index (χ3n) is 3.95. The van der Waals surface area contributed by atoms with E-state index in [2.05, 4.69) is 17.6 Å². The van der Waals surface area contributed by atoms with E-state index >= 15 is 0 Å². The third-order valence-corrected chi connectivity index (χ3v) is 3.95. The molecule has 1 heterocycles. The van der Waals surface area contributed by atoms with E-state index < -0.39 is 12.0 Å². The fraction of sp³-hybridized carbons (Fsp3) is 0.857. The molecule has 0 aromatic heterocycles. The van der Waals surface area contributed by atoms with E-state index in [0.717, 1.165) is 45.2 Å². The second-order valence-corrected chi connectivity index (χ2v) is 5.43. The molecule has 0 aromatic rings. The Labute approximate surface area is 115 Å². The van der Waals surface area contributed by atoms with E-state index in [1.165, 1.54) is 0 Å². The molecule has 0 unspecified atom stereocenters. The van der Waals surface area contributed by atoms with Crippen LogP contribution in [-0.2, 0) is 9.59 Å². The highest BCUT2D eigenvalue weighted by Gasteiger charge is 2.39. The molecule has 110 valence electrons. The van der Waals surface area contributed by atoms with Crippen LogP contribution in [0, 0.1) is 5.41 Å². The molecule has 0 radical (unpaired) electrons. The summed E-state index contributed by atoms with van der Waals surface area (Å²) in [5, 5.41) is 15.1. The summed E-state index contributed by atoms with van der Waals surface area (Å²) in [6.07, 6.45) is 4.61. The van der Waals surface area contributed by atoms with Crippen LogP contribution in [0.2, 0.25) is 0 Å². The molecule has 0 aromatic carbocycles. The second kappa shape index (κ2) is 7.48. The van der Waals surface area contributed by atoms with E-state index in [-0.39, 0.29) is 11.3 Å². The number of carbonyl (C=O) groups excluding carboxylic acids is 1. The van der Waals surface area contributed by atoms with E-state index in [1.54, 1.807) is 0 Å². The van der Waals surface area contributed by atoms with Gasteiger partial charge in [0.25, 0.3) is 0 Å². The normalized spacial score (nSPS) is 19.7. The Hall–Kier alpha value is -1.10. The zero-order chi connectivity index (χ0) is 14.3. The highest BCUT2D eigenvalue weighted by Crippen LogP contribution is 2.34. The van der Waals surface area contributed by atoms with Crippen molar-refractivity contribution in [1.29, 1.82) is 0 Å². The van der Waals surface area contributed by atoms with Gasteiger partial charge in [0.05, 0.1) is 5.41 Å². The van der Waals surface area contributed by atoms with Gasteiger partial charge in [0.15, 0.2) is 0 Å². The molecule has 5 heteroatoms. The predicted molar refractivity (Wildman–Crippen MR) is 73.9 cm³/mol. The Balaban J connectivity index is 2.73. The van der Waals surface area contributed by atoms with Crippen molar-refractivity contribution in [3.8, 4) is 0 Å². The third kappa shape index (κ3) is 4.20. The lowest BCUT2D eigenvalue weighted by atomic mass is 9.74. The lowest BCUT2D eigenvalue weighted by Gasteiger charge is -2.37. The van der Waals surface area contributed by atoms with Gasteiger partial charge in [-0.3, -0.25) is 4.79 Å². The summed E-state index contributed by atoms with van der Waals surface area (Å²) in [6.45, 7) is 5.66. The molecular weight excluding hydrogens is 244 g/mol. The first-order valence-electron chi connectivity index (χ1n) is 7.30. The molecule has 1 aliphatic rings. The van der Waals surface area contributed by atoms with Gasteiger partial charge in [-0.05, 0) is 38.8 Å². The largest absolute Gasteiger partial charge is 0.480 e. The Morgan fingerprint density at radius 1 is 1.26 bits per heavy atom. The number of hydrogen-bond donors (Lipinski definition) is 3. The molecule has 1 rings (SSSR count). The van der Waals surface area contributed by atoms with Crippen molar-refractivity contribution in [3.63, 3.8) is 0 Å². The first kappa shape index (κ1) is 16.0. The molecule has 0 saturated carbocycles. The van der Waals surface area contributed by atoms with Crippen LogP contribution < -0.4 is 10.6 Å². The average Bonchev–Trinajstić information content (AvgIpc) is 2.39. The van der Waals surface area contributed by atoms with Crippen molar-refractivity contribution in [2.24, 2.45) is 5.41 Å². The van der Waals surface area contributed by atoms with Crippen molar-refractivity contribution in [2.75, 3.05) is 13.1 Å². The van der Waals surface area contributed by atoms with Gasteiger partial charge in [-0.15, -0.1) is 0 Å². The average molecular weight is 270 g/mol. The number of hydrogen-bond acceptors (Lipinski definition) is 3. The summed E-state index contributed by atoms with van der Waals surface area (Å²) in [7, 11) is 0. The minimum atomic E-state index is -0.934. The summed E-state index contributed by atoms with van der Waals surface area (Å²) in [4.78, 5) is 23.6. The van der Waals surface area contributed by atoms with Crippen molar-refractivity contribution < 1.29 is 14.7 Å². The zero-order valence-electron chi connectivity index (χ0n) is 12.0. The summed E-state index contributed by atoms with van der Waals surface area (Å²) >= 11 is 0. The topological polar surface area (TPSA) is 78.4 Å². The monoisotopic (exact) mass is 270 g/mol. The fourth-order valence-electron chi connectivity index (χ4n) is 2.83. The lowest BCUT2D eigenvalue weighted by Crippen LogP contribution is -2.52. The van der Waals surface area contributed by atoms with Gasteiger partial charge in [0.1, 0.15) is 6.04 Å². The van der Waals surface area contributed by atoms with E-state index in [0.29, 0.717) is 6.42 Å². The SMILES string of the molecule is CCC[C@H](NC(=O)C1(CCC)CCNCC1)C(=O)O. The maximum Gasteiger partial charge on any atom is 0.326 e. The first-order chi connectivity index (χ1) is 9.05. The maximum absolute atomic E-state index is 12.5. The van der Waals surface area contributed by atoms with E-state index in [9.17, 15) is 9.59 Å². The number of aliphatic carboxylic acids is 1. The molecule has 1 aliphatic heterocycles. The Kier molecular flexibility index (Phi) is 6.28. The van der Waals surface area contributed by atoms with E-state index in [4.69, 9.17) is 5.11 Å². The molecule has 0 bridgehead atoms. The van der Waals surface area contributed by atoms with Crippen LogP contribution in [0.4, 0.5) is 0 Å². The van der Waals surface area contributed by atoms with Crippen LogP contribution in [-0.4, -0.2) is 36.1 Å².